The molecular formula is C10H16N2O4. The predicted octanol–water partition coefficient (Wildman–Crippen LogP) is 0.254. The normalized spacial score (nSPS) is 10.9. The molecule has 0 bridgehead atoms. The van der Waals surface area contributed by atoms with E-state index >= 15 is 0 Å². The number of ether oxygens (including phenoxy) is 2. The van der Waals surface area contributed by atoms with Gasteiger partial charge in [-0.15, -0.1) is 0 Å². The summed E-state index contributed by atoms with van der Waals surface area (Å²) in [6.07, 6.45) is 3.31. The molecule has 0 spiro atoms. The van der Waals surface area contributed by atoms with E-state index < -0.39 is 0 Å². The van der Waals surface area contributed by atoms with Crippen molar-refractivity contribution in [3.05, 3.63) is 0 Å². The quantitative estimate of drug-likeness (QED) is 0.355. The molecule has 0 rings (SSSR count). The van der Waals surface area contributed by atoms with E-state index in [1.165, 1.54) is 26.6 Å². The molecule has 0 saturated heterocycles. The molecule has 0 radical (unpaired) electrons. The van der Waals surface area contributed by atoms with Gasteiger partial charge in [0.1, 0.15) is 0 Å². The van der Waals surface area contributed by atoms with Crippen molar-refractivity contribution in [3.8, 4) is 0 Å². The number of esters is 2. The minimum Gasteiger partial charge on any atom is -0.469 e. The van der Waals surface area contributed by atoms with Crippen LogP contribution in [0.25, 0.3) is 0 Å². The molecule has 0 saturated carbocycles. The van der Waals surface area contributed by atoms with E-state index in [9.17, 15) is 9.59 Å². The molecule has 0 aliphatic carbocycles. The third-order valence-corrected chi connectivity index (χ3v) is 1.59. The molecule has 0 atom stereocenters. The van der Waals surface area contributed by atoms with Crippen molar-refractivity contribution in [2.45, 2.75) is 12.8 Å². The van der Waals surface area contributed by atoms with Crippen molar-refractivity contribution in [2.24, 2.45) is 9.98 Å². The Morgan fingerprint density at radius 1 is 0.938 bits per heavy atom. The zero-order valence-electron chi connectivity index (χ0n) is 9.51. The topological polar surface area (TPSA) is 77.3 Å². The molecule has 0 aromatic carbocycles. The summed E-state index contributed by atoms with van der Waals surface area (Å²) < 4.78 is 8.85. The summed E-state index contributed by atoms with van der Waals surface area (Å²) >= 11 is 0. The van der Waals surface area contributed by atoms with Gasteiger partial charge in [0.2, 0.25) is 0 Å². The van der Waals surface area contributed by atoms with Crippen molar-refractivity contribution in [1.82, 2.24) is 0 Å². The summed E-state index contributed by atoms with van der Waals surface area (Å²) in [5, 5.41) is 0. The first-order chi connectivity index (χ1) is 7.70. The van der Waals surface area contributed by atoms with E-state index in [-0.39, 0.29) is 24.8 Å². The van der Waals surface area contributed by atoms with Crippen LogP contribution < -0.4 is 0 Å². The standard InChI is InChI=1S/C10H16N2O4/c1-15-9(13)3-5-11-7-8-12-6-4-10(14)16-2/h5-6H,3-4,7-8H2,1-2H3/b11-5+,12-6+. The zero-order valence-corrected chi connectivity index (χ0v) is 9.51. The lowest BCUT2D eigenvalue weighted by molar-refractivity contribution is -0.140. The number of nitrogens with zero attached hydrogens (tertiary/aromatic N) is 2. The summed E-state index contributed by atoms with van der Waals surface area (Å²) in [5.74, 6) is -0.643. The molecule has 6 heteroatoms. The van der Waals surface area contributed by atoms with Crippen LogP contribution >= 0.6 is 0 Å². The monoisotopic (exact) mass is 228 g/mol. The van der Waals surface area contributed by atoms with Crippen LogP contribution in [0.1, 0.15) is 12.8 Å². The average molecular weight is 228 g/mol. The Morgan fingerprint density at radius 3 is 1.62 bits per heavy atom. The SMILES string of the molecule is COC(=O)C/C=N/CC/N=C/CC(=O)OC. The Morgan fingerprint density at radius 2 is 1.31 bits per heavy atom. The van der Waals surface area contributed by atoms with E-state index in [0.29, 0.717) is 13.1 Å². The molecule has 0 fully saturated rings. The van der Waals surface area contributed by atoms with Crippen LogP contribution in [0.4, 0.5) is 0 Å². The molecule has 0 heterocycles. The highest BCUT2D eigenvalue weighted by Crippen LogP contribution is 1.82. The Labute approximate surface area is 94.4 Å². The van der Waals surface area contributed by atoms with Gasteiger partial charge in [-0.1, -0.05) is 0 Å². The Bertz CT molecular complexity index is 246. The van der Waals surface area contributed by atoms with Crippen LogP contribution in [0.5, 0.6) is 0 Å². The van der Waals surface area contributed by atoms with Gasteiger partial charge in [0.05, 0.1) is 40.2 Å². The van der Waals surface area contributed by atoms with Crippen LogP contribution in [0.15, 0.2) is 9.98 Å². The lowest BCUT2D eigenvalue weighted by Crippen LogP contribution is -2.01. The Balaban J connectivity index is 3.45. The highest BCUT2D eigenvalue weighted by atomic mass is 16.5. The summed E-state index contributed by atoms with van der Waals surface area (Å²) in [7, 11) is 2.65. The van der Waals surface area contributed by atoms with Crippen molar-refractivity contribution in [1.29, 1.82) is 0 Å². The van der Waals surface area contributed by atoms with Gasteiger partial charge >= 0.3 is 11.9 Å². The Kier molecular flexibility index (Phi) is 8.76. The second-order valence-electron chi connectivity index (χ2n) is 2.74. The van der Waals surface area contributed by atoms with Crippen LogP contribution in [0.2, 0.25) is 0 Å². The molecule has 0 amide bonds. The summed E-state index contributed by atoms with van der Waals surface area (Å²) in [4.78, 5) is 29.2. The first-order valence-electron chi connectivity index (χ1n) is 4.81. The van der Waals surface area contributed by atoms with Gasteiger partial charge in [0, 0.05) is 12.4 Å². The third-order valence-electron chi connectivity index (χ3n) is 1.59. The van der Waals surface area contributed by atoms with Crippen molar-refractivity contribution >= 4 is 24.4 Å². The summed E-state index contributed by atoms with van der Waals surface area (Å²) in [6.45, 7) is 0.962. The van der Waals surface area contributed by atoms with E-state index in [2.05, 4.69) is 19.5 Å². The van der Waals surface area contributed by atoms with E-state index in [0.717, 1.165) is 0 Å². The van der Waals surface area contributed by atoms with Gasteiger partial charge in [0.25, 0.3) is 0 Å². The van der Waals surface area contributed by atoms with Gasteiger partial charge in [-0.25, -0.2) is 0 Å². The number of hydrogen-bond acceptors (Lipinski definition) is 6. The predicted molar refractivity (Wildman–Crippen MR) is 60.0 cm³/mol. The molecule has 0 aromatic rings. The fourth-order valence-electron chi connectivity index (χ4n) is 0.743. The lowest BCUT2D eigenvalue weighted by atomic mass is 10.4. The van der Waals surface area contributed by atoms with E-state index in [4.69, 9.17) is 0 Å². The van der Waals surface area contributed by atoms with E-state index in [1.807, 2.05) is 0 Å². The van der Waals surface area contributed by atoms with Crippen LogP contribution in [0, 0.1) is 0 Å². The average Bonchev–Trinajstić information content (AvgIpc) is 2.31. The maximum absolute atomic E-state index is 10.7. The van der Waals surface area contributed by atoms with Gasteiger partial charge in [-0.2, -0.15) is 0 Å². The van der Waals surface area contributed by atoms with Crippen LogP contribution in [-0.4, -0.2) is 51.7 Å². The highest BCUT2D eigenvalue weighted by Gasteiger charge is 1.94. The lowest BCUT2D eigenvalue weighted by Gasteiger charge is -1.93. The second kappa shape index (κ2) is 9.82. The molecule has 16 heavy (non-hydrogen) atoms. The van der Waals surface area contributed by atoms with Gasteiger partial charge in [-0.3, -0.25) is 19.6 Å². The molecular weight excluding hydrogens is 212 g/mol. The zero-order chi connectivity index (χ0) is 12.2. The maximum Gasteiger partial charge on any atom is 0.310 e. The number of rotatable bonds is 7. The van der Waals surface area contributed by atoms with Crippen molar-refractivity contribution < 1.29 is 19.1 Å². The number of aliphatic imine (C=N–C) groups is 2. The summed E-state index contributed by atoms with van der Waals surface area (Å²) in [5.41, 5.74) is 0. The molecule has 0 unspecified atom stereocenters. The Hall–Kier alpha value is -1.72. The van der Waals surface area contributed by atoms with Crippen molar-refractivity contribution in [3.63, 3.8) is 0 Å². The largest absolute Gasteiger partial charge is 0.469 e. The molecule has 0 aliphatic heterocycles. The second-order valence-corrected chi connectivity index (χ2v) is 2.74. The maximum atomic E-state index is 10.7. The number of carbonyl (C=O) groups is 2. The number of hydrogen-bond donors (Lipinski definition) is 0. The number of methoxy groups -OCH3 is 2. The van der Waals surface area contributed by atoms with Crippen LogP contribution in [0.3, 0.4) is 0 Å². The minimum absolute atomic E-state index is 0.169. The van der Waals surface area contributed by atoms with Crippen LogP contribution in [-0.2, 0) is 19.1 Å². The molecule has 90 valence electrons. The number of carbonyl (C=O) groups excluding carboxylic acids is 2. The summed E-state index contributed by atoms with van der Waals surface area (Å²) in [6, 6.07) is 0. The minimum atomic E-state index is -0.321. The van der Waals surface area contributed by atoms with Crippen molar-refractivity contribution in [2.75, 3.05) is 27.3 Å². The molecule has 6 nitrogen and oxygen atoms in total. The van der Waals surface area contributed by atoms with E-state index in [1.54, 1.807) is 0 Å². The fraction of sp³-hybridized carbons (Fsp3) is 0.600. The highest BCUT2D eigenvalue weighted by molar-refractivity contribution is 5.86. The van der Waals surface area contributed by atoms with Gasteiger partial charge in [0.15, 0.2) is 0 Å². The van der Waals surface area contributed by atoms with Gasteiger partial charge in [-0.05, 0) is 0 Å². The van der Waals surface area contributed by atoms with Gasteiger partial charge < -0.3 is 9.47 Å². The molecule has 0 aromatic heterocycles. The molecule has 0 N–H and O–H groups in total. The first kappa shape index (κ1) is 14.3. The molecule has 0 aliphatic rings. The smallest absolute Gasteiger partial charge is 0.310 e. The third kappa shape index (κ3) is 8.86. The first-order valence-corrected chi connectivity index (χ1v) is 4.81. The fourth-order valence-corrected chi connectivity index (χ4v) is 0.743.